The average Bonchev–Trinajstić information content (AvgIpc) is 2.82. The Kier molecular flexibility index (Phi) is 4.13. The van der Waals surface area contributed by atoms with Gasteiger partial charge in [0.15, 0.2) is 0 Å². The fourth-order valence-corrected chi connectivity index (χ4v) is 0.990. The van der Waals surface area contributed by atoms with E-state index in [4.69, 9.17) is 11.2 Å². The normalized spacial score (nSPS) is 16.4. The molecular weight excluding hydrogens is 150 g/mol. The summed E-state index contributed by atoms with van der Waals surface area (Å²) in [5.41, 5.74) is 0. The number of terminal acetylenes is 1. The Hall–Kier alpha value is -0.520. The molecule has 0 bridgehead atoms. The van der Waals surface area contributed by atoms with Crippen LogP contribution in [0.5, 0.6) is 0 Å². The Morgan fingerprint density at radius 2 is 2.33 bits per heavy atom. The largest absolute Gasteiger partial charge is 0.380 e. The molecule has 0 unspecified atom stereocenters. The molecule has 0 radical (unpaired) electrons. The predicted molar refractivity (Wildman–Crippen MR) is 49.9 cm³/mol. The minimum absolute atomic E-state index is 0.715. The highest BCUT2D eigenvalue weighted by Crippen LogP contribution is 2.28. The van der Waals surface area contributed by atoms with E-state index in [1.807, 2.05) is 7.05 Å². The third kappa shape index (κ3) is 4.38. The van der Waals surface area contributed by atoms with Crippen LogP contribution in [-0.2, 0) is 4.74 Å². The zero-order valence-electron chi connectivity index (χ0n) is 7.75. The van der Waals surface area contributed by atoms with Crippen molar-refractivity contribution in [3.8, 4) is 12.3 Å². The van der Waals surface area contributed by atoms with E-state index in [0.29, 0.717) is 6.54 Å². The van der Waals surface area contributed by atoms with Crippen LogP contribution in [0, 0.1) is 18.3 Å². The summed E-state index contributed by atoms with van der Waals surface area (Å²) in [6.07, 6.45) is 7.88. The fourth-order valence-electron chi connectivity index (χ4n) is 0.990. The highest BCUT2D eigenvalue weighted by atomic mass is 16.5. The van der Waals surface area contributed by atoms with Gasteiger partial charge in [-0.3, -0.25) is 4.90 Å². The molecule has 1 aliphatic rings. The maximum Gasteiger partial charge on any atom is 0.0597 e. The summed E-state index contributed by atoms with van der Waals surface area (Å²) >= 11 is 0. The Labute approximate surface area is 74.9 Å². The molecule has 1 saturated carbocycles. The van der Waals surface area contributed by atoms with E-state index >= 15 is 0 Å². The van der Waals surface area contributed by atoms with Gasteiger partial charge >= 0.3 is 0 Å². The number of nitrogens with zero attached hydrogens (tertiary/aromatic N) is 1. The van der Waals surface area contributed by atoms with Gasteiger partial charge < -0.3 is 4.74 Å². The lowest BCUT2D eigenvalue weighted by Crippen LogP contribution is -2.23. The van der Waals surface area contributed by atoms with E-state index in [0.717, 1.165) is 25.7 Å². The van der Waals surface area contributed by atoms with Crippen LogP contribution in [0.3, 0.4) is 0 Å². The predicted octanol–water partition coefficient (Wildman–Crippen LogP) is 0.978. The van der Waals surface area contributed by atoms with Gasteiger partial charge in [0, 0.05) is 13.2 Å². The van der Waals surface area contributed by atoms with Gasteiger partial charge in [-0.2, -0.15) is 0 Å². The van der Waals surface area contributed by atoms with Crippen molar-refractivity contribution in [2.75, 3.05) is 33.4 Å². The van der Waals surface area contributed by atoms with Crippen LogP contribution < -0.4 is 0 Å². The van der Waals surface area contributed by atoms with Crippen molar-refractivity contribution in [2.24, 2.45) is 5.92 Å². The molecule has 0 heterocycles. The Morgan fingerprint density at radius 3 is 2.92 bits per heavy atom. The number of likely N-dealkylation sites (N-methyl/N-ethyl adjacent to an activating group) is 1. The van der Waals surface area contributed by atoms with Crippen LogP contribution in [-0.4, -0.2) is 38.3 Å². The molecule has 0 aromatic carbocycles. The van der Waals surface area contributed by atoms with E-state index in [2.05, 4.69) is 10.8 Å². The lowest BCUT2D eigenvalue weighted by Gasteiger charge is -2.12. The van der Waals surface area contributed by atoms with Gasteiger partial charge in [0.25, 0.3) is 0 Å². The van der Waals surface area contributed by atoms with Crippen molar-refractivity contribution < 1.29 is 4.74 Å². The average molecular weight is 167 g/mol. The quantitative estimate of drug-likeness (QED) is 0.432. The van der Waals surface area contributed by atoms with Crippen molar-refractivity contribution in [2.45, 2.75) is 12.8 Å². The number of ether oxygens (including phenoxy) is 1. The van der Waals surface area contributed by atoms with Crippen LogP contribution in [0.1, 0.15) is 12.8 Å². The van der Waals surface area contributed by atoms with Gasteiger partial charge in [-0.25, -0.2) is 0 Å². The first-order valence-electron chi connectivity index (χ1n) is 4.52. The number of hydrogen-bond acceptors (Lipinski definition) is 2. The van der Waals surface area contributed by atoms with Crippen molar-refractivity contribution in [1.82, 2.24) is 4.90 Å². The third-order valence-corrected chi connectivity index (χ3v) is 2.03. The van der Waals surface area contributed by atoms with E-state index in [1.54, 1.807) is 0 Å². The van der Waals surface area contributed by atoms with Gasteiger partial charge in [-0.15, -0.1) is 6.42 Å². The van der Waals surface area contributed by atoms with E-state index in [1.165, 1.54) is 12.8 Å². The SMILES string of the molecule is C#CCN(C)CCOCC1CC1. The summed E-state index contributed by atoms with van der Waals surface area (Å²) in [6.45, 7) is 3.42. The van der Waals surface area contributed by atoms with E-state index < -0.39 is 0 Å². The second kappa shape index (κ2) is 5.18. The van der Waals surface area contributed by atoms with E-state index in [9.17, 15) is 0 Å². The molecule has 0 spiro atoms. The molecule has 0 aliphatic heterocycles. The lowest BCUT2D eigenvalue weighted by atomic mass is 10.5. The zero-order valence-corrected chi connectivity index (χ0v) is 7.75. The third-order valence-electron chi connectivity index (χ3n) is 2.03. The van der Waals surface area contributed by atoms with Crippen LogP contribution >= 0.6 is 0 Å². The zero-order chi connectivity index (χ0) is 8.81. The van der Waals surface area contributed by atoms with Crippen molar-refractivity contribution >= 4 is 0 Å². The molecule has 0 aromatic heterocycles. The van der Waals surface area contributed by atoms with Crippen LogP contribution in [0.15, 0.2) is 0 Å². The maximum absolute atomic E-state index is 5.46. The highest BCUT2D eigenvalue weighted by molar-refractivity contribution is 4.86. The Morgan fingerprint density at radius 1 is 1.58 bits per heavy atom. The number of hydrogen-bond donors (Lipinski definition) is 0. The molecule has 0 amide bonds. The summed E-state index contributed by atoms with van der Waals surface area (Å²) in [5.74, 6) is 3.46. The smallest absolute Gasteiger partial charge is 0.0597 e. The molecule has 1 aliphatic carbocycles. The van der Waals surface area contributed by atoms with Crippen LogP contribution in [0.2, 0.25) is 0 Å². The van der Waals surface area contributed by atoms with Gasteiger partial charge in [-0.1, -0.05) is 5.92 Å². The van der Waals surface area contributed by atoms with Crippen molar-refractivity contribution in [3.63, 3.8) is 0 Å². The monoisotopic (exact) mass is 167 g/mol. The summed E-state index contributed by atoms with van der Waals surface area (Å²) in [7, 11) is 2.01. The maximum atomic E-state index is 5.46. The molecule has 12 heavy (non-hydrogen) atoms. The first-order valence-corrected chi connectivity index (χ1v) is 4.52. The molecule has 0 aromatic rings. The molecule has 2 heteroatoms. The van der Waals surface area contributed by atoms with E-state index in [-0.39, 0.29) is 0 Å². The standard InChI is InChI=1S/C10H17NO/c1-3-6-11(2)7-8-12-9-10-4-5-10/h1,10H,4-9H2,2H3. The minimum atomic E-state index is 0.715. The van der Waals surface area contributed by atoms with Crippen LogP contribution in [0.25, 0.3) is 0 Å². The summed E-state index contributed by atoms with van der Waals surface area (Å²) < 4.78 is 5.46. The molecule has 0 saturated heterocycles. The topological polar surface area (TPSA) is 12.5 Å². The molecule has 1 rings (SSSR count). The van der Waals surface area contributed by atoms with Crippen molar-refractivity contribution in [3.05, 3.63) is 0 Å². The lowest BCUT2D eigenvalue weighted by molar-refractivity contribution is 0.106. The first-order chi connectivity index (χ1) is 5.83. The molecule has 2 nitrogen and oxygen atoms in total. The summed E-state index contributed by atoms with van der Waals surface area (Å²) in [5, 5.41) is 0. The Bertz CT molecular complexity index is 158. The van der Waals surface area contributed by atoms with Gasteiger partial charge in [0.05, 0.1) is 13.2 Å². The van der Waals surface area contributed by atoms with Gasteiger partial charge in [0.1, 0.15) is 0 Å². The summed E-state index contributed by atoms with van der Waals surface area (Å²) in [6, 6.07) is 0. The van der Waals surface area contributed by atoms with Crippen molar-refractivity contribution in [1.29, 1.82) is 0 Å². The first kappa shape index (κ1) is 9.57. The molecule has 0 N–H and O–H groups in total. The molecule has 1 fully saturated rings. The fraction of sp³-hybridized carbons (Fsp3) is 0.800. The summed E-state index contributed by atoms with van der Waals surface area (Å²) in [4.78, 5) is 2.09. The molecule has 0 atom stereocenters. The van der Waals surface area contributed by atoms with Gasteiger partial charge in [0.2, 0.25) is 0 Å². The molecule has 68 valence electrons. The molecular formula is C10H17NO. The minimum Gasteiger partial charge on any atom is -0.380 e. The Balaban J connectivity index is 1.83. The second-order valence-corrected chi connectivity index (χ2v) is 3.46. The second-order valence-electron chi connectivity index (χ2n) is 3.46. The van der Waals surface area contributed by atoms with Gasteiger partial charge in [-0.05, 0) is 25.8 Å². The van der Waals surface area contributed by atoms with Crippen LogP contribution in [0.4, 0.5) is 0 Å². The number of rotatable bonds is 6. The highest BCUT2D eigenvalue weighted by Gasteiger charge is 2.20.